The topological polar surface area (TPSA) is 81.0 Å². The van der Waals surface area contributed by atoms with Crippen LogP contribution in [0.25, 0.3) is 0 Å². The molecule has 0 rings (SSSR count). The Bertz CT molecular complexity index is 640. The van der Waals surface area contributed by atoms with E-state index < -0.39 is 25.0 Å². The van der Waals surface area contributed by atoms with Gasteiger partial charge < -0.3 is 15.3 Å². The summed E-state index contributed by atoms with van der Waals surface area (Å²) < 4.78 is 0. The first-order chi connectivity index (χ1) is 22.6. The van der Waals surface area contributed by atoms with Gasteiger partial charge in [-0.15, -0.1) is 0 Å². The molecule has 1 amide bonds. The maximum absolute atomic E-state index is 12.6. The van der Waals surface area contributed by atoms with Gasteiger partial charge in [0, 0.05) is 0 Å². The summed E-state index contributed by atoms with van der Waals surface area (Å²) in [6.07, 6.45) is 43.0. The second-order valence-electron chi connectivity index (χ2n) is 14.1. The van der Waals surface area contributed by atoms with Crippen molar-refractivity contribution >= 4 is 5.91 Å². The minimum Gasteiger partial charge on any atom is -0.383 e. The molecule has 5 heteroatoms. The van der Waals surface area contributed by atoms with E-state index in [0.717, 1.165) is 37.0 Å². The number of carbonyl (C=O) groups excluding carboxylic acids is 1. The highest BCUT2D eigenvalue weighted by Crippen LogP contribution is 2.16. The van der Waals surface area contributed by atoms with Crippen molar-refractivity contribution in [2.24, 2.45) is 0 Å². The van der Waals surface area contributed by atoms with Crippen LogP contribution in [0.2, 0.25) is 0 Å². The van der Waals surface area contributed by atoms with E-state index >= 15 is 0 Å². The number of nitrogens with zero attached hydrogens (tertiary/aromatic N) is 1. The van der Waals surface area contributed by atoms with Crippen LogP contribution in [-0.2, 0) is 4.79 Å². The van der Waals surface area contributed by atoms with Gasteiger partial charge in [0.2, 0.25) is 0 Å². The van der Waals surface area contributed by atoms with Gasteiger partial charge in [0.1, 0.15) is 19.1 Å². The van der Waals surface area contributed by atoms with Crippen molar-refractivity contribution in [2.75, 3.05) is 6.73 Å². The molecule has 5 nitrogen and oxygen atoms in total. The maximum atomic E-state index is 12.6. The van der Waals surface area contributed by atoms with Gasteiger partial charge in [-0.05, 0) is 25.3 Å². The summed E-state index contributed by atoms with van der Waals surface area (Å²) in [7, 11) is 0. The minimum absolute atomic E-state index is 0.378. The second-order valence-corrected chi connectivity index (χ2v) is 14.1. The van der Waals surface area contributed by atoms with Crippen molar-refractivity contribution in [3.63, 3.8) is 0 Å². The Morgan fingerprint density at radius 1 is 0.500 bits per heavy atom. The molecule has 0 aromatic carbocycles. The number of rotatable bonds is 37. The summed E-state index contributed by atoms with van der Waals surface area (Å²) in [5, 5.41) is 30.4. The van der Waals surface area contributed by atoms with Crippen molar-refractivity contribution in [3.05, 3.63) is 12.2 Å². The Balaban J connectivity index is 3.65. The van der Waals surface area contributed by atoms with Crippen molar-refractivity contribution < 1.29 is 20.1 Å². The molecule has 0 aromatic rings. The molecule has 0 aromatic heterocycles. The Morgan fingerprint density at radius 2 is 0.804 bits per heavy atom. The zero-order valence-electron chi connectivity index (χ0n) is 31.0. The molecule has 274 valence electrons. The Labute approximate surface area is 287 Å². The van der Waals surface area contributed by atoms with Crippen molar-refractivity contribution in [1.29, 1.82) is 0 Å². The molecule has 2 unspecified atom stereocenters. The summed E-state index contributed by atoms with van der Waals surface area (Å²) >= 11 is 0. The van der Waals surface area contributed by atoms with Gasteiger partial charge >= 0.3 is 0 Å². The van der Waals surface area contributed by atoms with Crippen LogP contribution in [0, 0.1) is 0 Å². The SMILES string of the molecule is CCCCCCCCCCCCC/C=C/C(O)N(CO)C(=O)C(O)CCCCCCCCCCCCCCCCCCCCCC. The molecule has 2 atom stereocenters. The largest absolute Gasteiger partial charge is 0.383 e. The van der Waals surface area contributed by atoms with Gasteiger partial charge in [-0.3, -0.25) is 9.69 Å². The van der Waals surface area contributed by atoms with E-state index in [1.54, 1.807) is 6.08 Å². The van der Waals surface area contributed by atoms with Crippen LogP contribution in [-0.4, -0.2) is 45.2 Å². The fourth-order valence-electron chi connectivity index (χ4n) is 6.44. The zero-order valence-corrected chi connectivity index (χ0v) is 31.0. The highest BCUT2D eigenvalue weighted by molar-refractivity contribution is 5.80. The Morgan fingerprint density at radius 3 is 1.13 bits per heavy atom. The molecule has 0 saturated heterocycles. The molecular formula is C41H81NO4. The van der Waals surface area contributed by atoms with Crippen LogP contribution in [0.15, 0.2) is 12.2 Å². The molecule has 0 aliphatic heterocycles. The third kappa shape index (κ3) is 30.4. The van der Waals surface area contributed by atoms with E-state index in [1.807, 2.05) is 6.08 Å². The Kier molecular flexibility index (Phi) is 36.2. The van der Waals surface area contributed by atoms with E-state index in [9.17, 15) is 20.1 Å². The summed E-state index contributed by atoms with van der Waals surface area (Å²) in [6, 6.07) is 0. The first-order valence-corrected chi connectivity index (χ1v) is 20.5. The lowest BCUT2D eigenvalue weighted by atomic mass is 10.0. The predicted octanol–water partition coefficient (Wildman–Crippen LogP) is 11.9. The lowest BCUT2D eigenvalue weighted by Crippen LogP contribution is -2.45. The quantitative estimate of drug-likeness (QED) is 0.0355. The lowest BCUT2D eigenvalue weighted by Gasteiger charge is -2.26. The number of amides is 1. The monoisotopic (exact) mass is 652 g/mol. The number of unbranched alkanes of at least 4 members (excludes halogenated alkanes) is 30. The minimum atomic E-state index is -1.20. The van der Waals surface area contributed by atoms with E-state index in [4.69, 9.17) is 0 Å². The fraction of sp³-hybridized carbons (Fsp3) is 0.927. The molecule has 0 bridgehead atoms. The standard InChI is InChI=1S/C41H81NO4/c1-3-5-7-9-11-13-15-17-18-19-20-21-22-23-25-26-28-30-32-34-36-39(44)41(46)42(38-43)40(45)37-35-33-31-29-27-24-16-14-12-10-8-6-4-2/h35,37,39-40,43-45H,3-34,36,38H2,1-2H3/b37-35+. The van der Waals surface area contributed by atoms with Crippen LogP contribution in [0.3, 0.4) is 0 Å². The van der Waals surface area contributed by atoms with Crippen molar-refractivity contribution in [1.82, 2.24) is 4.90 Å². The third-order valence-corrected chi connectivity index (χ3v) is 9.65. The van der Waals surface area contributed by atoms with Crippen molar-refractivity contribution in [3.8, 4) is 0 Å². The average molecular weight is 652 g/mol. The summed E-state index contributed by atoms with van der Waals surface area (Å²) in [4.78, 5) is 13.6. The van der Waals surface area contributed by atoms with Gasteiger partial charge in [-0.2, -0.15) is 0 Å². The van der Waals surface area contributed by atoms with Crippen LogP contribution >= 0.6 is 0 Å². The molecular weight excluding hydrogens is 570 g/mol. The maximum Gasteiger partial charge on any atom is 0.255 e. The predicted molar refractivity (Wildman–Crippen MR) is 199 cm³/mol. The summed E-state index contributed by atoms with van der Waals surface area (Å²) in [6.45, 7) is 3.94. The number of carbonyl (C=O) groups is 1. The number of aliphatic hydroxyl groups excluding tert-OH is 3. The second kappa shape index (κ2) is 36.9. The van der Waals surface area contributed by atoms with Gasteiger partial charge in [-0.1, -0.05) is 213 Å². The fourth-order valence-corrected chi connectivity index (χ4v) is 6.44. The number of hydrogen-bond donors (Lipinski definition) is 3. The normalized spacial score (nSPS) is 13.1. The molecule has 0 aliphatic rings. The van der Waals surface area contributed by atoms with Gasteiger partial charge in [0.25, 0.3) is 5.91 Å². The summed E-state index contributed by atoms with van der Waals surface area (Å²) in [5.41, 5.74) is 0. The third-order valence-electron chi connectivity index (χ3n) is 9.65. The number of aliphatic hydroxyl groups is 3. The van der Waals surface area contributed by atoms with Gasteiger partial charge in [0.15, 0.2) is 0 Å². The van der Waals surface area contributed by atoms with E-state index in [-0.39, 0.29) is 0 Å². The van der Waals surface area contributed by atoms with Gasteiger partial charge in [-0.25, -0.2) is 0 Å². The molecule has 3 N–H and O–H groups in total. The van der Waals surface area contributed by atoms with Gasteiger partial charge in [0.05, 0.1) is 0 Å². The first-order valence-electron chi connectivity index (χ1n) is 20.5. The molecule has 0 heterocycles. The first kappa shape index (κ1) is 45.1. The average Bonchev–Trinajstić information content (AvgIpc) is 3.06. The van der Waals surface area contributed by atoms with Crippen LogP contribution in [0.4, 0.5) is 0 Å². The molecule has 0 spiro atoms. The van der Waals surface area contributed by atoms with Crippen LogP contribution in [0.1, 0.15) is 226 Å². The smallest absolute Gasteiger partial charge is 0.255 e. The molecule has 0 aliphatic carbocycles. The summed E-state index contributed by atoms with van der Waals surface area (Å²) in [5.74, 6) is -0.591. The molecule has 46 heavy (non-hydrogen) atoms. The molecule has 0 saturated carbocycles. The van der Waals surface area contributed by atoms with E-state index in [1.165, 1.54) is 173 Å². The highest BCUT2D eigenvalue weighted by atomic mass is 16.3. The van der Waals surface area contributed by atoms with E-state index in [0.29, 0.717) is 6.42 Å². The van der Waals surface area contributed by atoms with Crippen LogP contribution < -0.4 is 0 Å². The molecule has 0 radical (unpaired) electrons. The number of hydrogen-bond acceptors (Lipinski definition) is 4. The highest BCUT2D eigenvalue weighted by Gasteiger charge is 2.25. The van der Waals surface area contributed by atoms with Crippen molar-refractivity contribution in [2.45, 2.75) is 238 Å². The number of allylic oxidation sites excluding steroid dienone is 1. The lowest BCUT2D eigenvalue weighted by molar-refractivity contribution is -0.154. The zero-order chi connectivity index (χ0) is 33.8. The Hall–Kier alpha value is -0.910. The molecule has 0 fully saturated rings. The van der Waals surface area contributed by atoms with Crippen LogP contribution in [0.5, 0.6) is 0 Å². The van der Waals surface area contributed by atoms with E-state index in [2.05, 4.69) is 13.8 Å².